The SMILES string of the molecule is CCC(=O)N[C@@H](C(=O)N1CCC(=C(F)F)CC1)[C@@H](C)c1ccc(NC(=O)[C@@H](NC(=O)OC(C)(C)C)C(C2CC2)C2CC2)c(F)c1. The van der Waals surface area contributed by atoms with Gasteiger partial charge in [-0.25, -0.2) is 9.18 Å². The molecule has 3 N–H and O–H groups in total. The van der Waals surface area contributed by atoms with Crippen LogP contribution in [0.3, 0.4) is 0 Å². The van der Waals surface area contributed by atoms with E-state index in [-0.39, 0.29) is 55.4 Å². The topological polar surface area (TPSA) is 117 Å². The summed E-state index contributed by atoms with van der Waals surface area (Å²) in [5.41, 5.74) is -0.412. The first-order chi connectivity index (χ1) is 21.2. The molecule has 1 aromatic rings. The number of carbonyl (C=O) groups is 4. The number of nitrogens with one attached hydrogen (secondary N) is 3. The summed E-state index contributed by atoms with van der Waals surface area (Å²) in [6, 6.07) is 2.25. The summed E-state index contributed by atoms with van der Waals surface area (Å²) < 4.78 is 47.0. The van der Waals surface area contributed by atoms with Crippen LogP contribution in [-0.2, 0) is 19.1 Å². The fourth-order valence-electron chi connectivity index (χ4n) is 6.04. The van der Waals surface area contributed by atoms with Crippen LogP contribution in [0, 0.1) is 23.6 Å². The second-order valence-electron chi connectivity index (χ2n) is 13.5. The number of amides is 4. The van der Waals surface area contributed by atoms with Gasteiger partial charge in [0.15, 0.2) is 0 Å². The van der Waals surface area contributed by atoms with Gasteiger partial charge in [-0.2, -0.15) is 8.78 Å². The van der Waals surface area contributed by atoms with E-state index in [1.807, 2.05) is 0 Å². The lowest BCUT2D eigenvalue weighted by molar-refractivity contribution is -0.137. The van der Waals surface area contributed by atoms with Gasteiger partial charge in [0.2, 0.25) is 17.7 Å². The summed E-state index contributed by atoms with van der Waals surface area (Å²) in [6.07, 6.45) is 1.67. The van der Waals surface area contributed by atoms with E-state index in [4.69, 9.17) is 4.74 Å². The van der Waals surface area contributed by atoms with E-state index in [0.29, 0.717) is 17.4 Å². The van der Waals surface area contributed by atoms with Gasteiger partial charge in [-0.1, -0.05) is 19.9 Å². The highest BCUT2D eigenvalue weighted by atomic mass is 19.3. The van der Waals surface area contributed by atoms with Crippen molar-refractivity contribution in [3.8, 4) is 0 Å². The maximum atomic E-state index is 15.5. The van der Waals surface area contributed by atoms with E-state index in [9.17, 15) is 28.0 Å². The first-order valence-corrected chi connectivity index (χ1v) is 15.9. The molecule has 1 heterocycles. The lowest BCUT2D eigenvalue weighted by Gasteiger charge is -2.34. The lowest BCUT2D eigenvalue weighted by atomic mass is 9.88. The second kappa shape index (κ2) is 14.2. The molecule has 0 unspecified atom stereocenters. The van der Waals surface area contributed by atoms with Crippen LogP contribution >= 0.6 is 0 Å². The lowest BCUT2D eigenvalue weighted by Crippen LogP contribution is -2.52. The Balaban J connectivity index is 1.50. The van der Waals surface area contributed by atoms with Crippen molar-refractivity contribution in [2.45, 2.75) is 103 Å². The third-order valence-electron chi connectivity index (χ3n) is 8.80. The summed E-state index contributed by atoms with van der Waals surface area (Å²) in [6.45, 7) is 8.71. The van der Waals surface area contributed by atoms with Gasteiger partial charge < -0.3 is 25.6 Å². The third kappa shape index (κ3) is 9.23. The molecule has 1 saturated heterocycles. The first kappa shape index (κ1) is 34.3. The number of rotatable bonds is 11. The molecule has 2 aliphatic carbocycles. The highest BCUT2D eigenvalue weighted by Gasteiger charge is 2.48. The predicted octanol–water partition coefficient (Wildman–Crippen LogP) is 5.87. The molecule has 3 atom stereocenters. The Morgan fingerprint density at radius 1 is 0.978 bits per heavy atom. The van der Waals surface area contributed by atoms with E-state index in [2.05, 4.69) is 16.0 Å². The minimum absolute atomic E-state index is 0.0186. The summed E-state index contributed by atoms with van der Waals surface area (Å²) in [4.78, 5) is 53.6. The van der Waals surface area contributed by atoms with Crippen molar-refractivity contribution in [2.24, 2.45) is 17.8 Å². The average Bonchev–Trinajstić information content (AvgIpc) is 3.91. The average molecular weight is 635 g/mol. The van der Waals surface area contributed by atoms with Gasteiger partial charge in [-0.05, 0) is 100 Å². The molecule has 45 heavy (non-hydrogen) atoms. The molecule has 2 saturated carbocycles. The number of halogens is 3. The van der Waals surface area contributed by atoms with Crippen molar-refractivity contribution in [1.29, 1.82) is 0 Å². The number of hydrogen-bond acceptors (Lipinski definition) is 5. The van der Waals surface area contributed by atoms with E-state index in [0.717, 1.165) is 25.7 Å². The Morgan fingerprint density at radius 3 is 2.07 bits per heavy atom. The Kier molecular flexibility index (Phi) is 10.9. The normalized spacial score (nSPS) is 19.0. The summed E-state index contributed by atoms with van der Waals surface area (Å²) in [7, 11) is 0. The monoisotopic (exact) mass is 634 g/mol. The third-order valence-corrected chi connectivity index (χ3v) is 8.80. The maximum absolute atomic E-state index is 15.5. The van der Waals surface area contributed by atoms with Gasteiger partial charge >= 0.3 is 6.09 Å². The van der Waals surface area contributed by atoms with Gasteiger partial charge in [0.05, 0.1) is 5.69 Å². The number of alkyl carbamates (subject to hydrolysis) is 1. The minimum atomic E-state index is -1.73. The van der Waals surface area contributed by atoms with Gasteiger partial charge in [0.25, 0.3) is 6.08 Å². The molecule has 0 radical (unpaired) electrons. The quantitative estimate of drug-likeness (QED) is 0.282. The van der Waals surface area contributed by atoms with E-state index in [1.54, 1.807) is 40.7 Å². The minimum Gasteiger partial charge on any atom is -0.444 e. The van der Waals surface area contributed by atoms with Crippen LogP contribution in [-0.4, -0.2) is 59.5 Å². The molecule has 248 valence electrons. The summed E-state index contributed by atoms with van der Waals surface area (Å²) >= 11 is 0. The molecule has 0 aromatic heterocycles. The van der Waals surface area contributed by atoms with Crippen molar-refractivity contribution in [3.05, 3.63) is 41.2 Å². The maximum Gasteiger partial charge on any atom is 0.408 e. The number of nitrogens with zero attached hydrogens (tertiary/aromatic N) is 1. The molecule has 1 aliphatic heterocycles. The molecular weight excluding hydrogens is 589 g/mol. The number of carbonyl (C=O) groups excluding carboxylic acids is 4. The van der Waals surface area contributed by atoms with Crippen LogP contribution in [0.2, 0.25) is 0 Å². The molecule has 3 fully saturated rings. The van der Waals surface area contributed by atoms with Gasteiger partial charge in [0.1, 0.15) is 23.5 Å². The number of benzene rings is 1. The van der Waals surface area contributed by atoms with E-state index in [1.165, 1.54) is 17.0 Å². The Morgan fingerprint density at radius 2 is 1.58 bits per heavy atom. The molecule has 4 amide bonds. The van der Waals surface area contributed by atoms with Gasteiger partial charge in [-0.3, -0.25) is 14.4 Å². The smallest absolute Gasteiger partial charge is 0.408 e. The zero-order chi connectivity index (χ0) is 33.1. The van der Waals surface area contributed by atoms with E-state index < -0.39 is 53.4 Å². The van der Waals surface area contributed by atoms with Crippen LogP contribution in [0.15, 0.2) is 29.9 Å². The summed E-state index contributed by atoms with van der Waals surface area (Å²) in [5.74, 6) is -2.20. The molecule has 0 bridgehead atoms. The van der Waals surface area contributed by atoms with Gasteiger partial charge in [0, 0.05) is 25.4 Å². The molecule has 3 aliphatic rings. The highest BCUT2D eigenvalue weighted by Crippen LogP contribution is 2.51. The van der Waals surface area contributed by atoms with Crippen molar-refractivity contribution in [1.82, 2.24) is 15.5 Å². The number of hydrogen-bond donors (Lipinski definition) is 3. The fraction of sp³-hybridized carbons (Fsp3) is 0.636. The standard InChI is InChI=1S/C33H45F3N4O5/c1-6-25(41)38-27(31(43)40-15-13-21(14-16-40)29(35)36)18(2)22-11-12-24(23(34)17-22)37-30(42)28(39-32(44)45-33(3,4)5)26(19-7-8-19)20-9-10-20/h11-12,17-20,26-28H,6-10,13-16H2,1-5H3,(H,37,42)(H,38,41)(H,39,44)/t18-,27+,28-/m0/s1. The molecule has 1 aromatic carbocycles. The Bertz CT molecular complexity index is 1300. The number of piperidine rings is 1. The number of likely N-dealkylation sites (tertiary alicyclic amines) is 1. The van der Waals surface area contributed by atoms with Crippen molar-refractivity contribution >= 4 is 29.5 Å². The van der Waals surface area contributed by atoms with Crippen LogP contribution in [0.5, 0.6) is 0 Å². The molecule has 12 heteroatoms. The molecule has 4 rings (SSSR count). The zero-order valence-corrected chi connectivity index (χ0v) is 26.7. The Labute approximate surface area is 262 Å². The molecule has 9 nitrogen and oxygen atoms in total. The highest BCUT2D eigenvalue weighted by molar-refractivity contribution is 5.97. The number of ether oxygens (including phenoxy) is 1. The summed E-state index contributed by atoms with van der Waals surface area (Å²) in [5, 5.41) is 8.13. The van der Waals surface area contributed by atoms with Crippen molar-refractivity contribution < 1.29 is 37.1 Å². The largest absolute Gasteiger partial charge is 0.444 e. The zero-order valence-electron chi connectivity index (χ0n) is 26.7. The first-order valence-electron chi connectivity index (χ1n) is 15.9. The van der Waals surface area contributed by atoms with E-state index >= 15 is 4.39 Å². The second-order valence-corrected chi connectivity index (χ2v) is 13.5. The van der Waals surface area contributed by atoms with Crippen LogP contribution < -0.4 is 16.0 Å². The molecular formula is C33H45F3N4O5. The fourth-order valence-corrected chi connectivity index (χ4v) is 6.04. The Hall–Kier alpha value is -3.57. The van der Waals surface area contributed by atoms with Crippen LogP contribution in [0.1, 0.15) is 91.0 Å². The van der Waals surface area contributed by atoms with Crippen molar-refractivity contribution in [2.75, 3.05) is 18.4 Å². The van der Waals surface area contributed by atoms with Crippen LogP contribution in [0.4, 0.5) is 23.7 Å². The number of anilines is 1. The van der Waals surface area contributed by atoms with Crippen molar-refractivity contribution in [3.63, 3.8) is 0 Å². The predicted molar refractivity (Wildman–Crippen MR) is 163 cm³/mol. The molecule has 0 spiro atoms. The van der Waals surface area contributed by atoms with Gasteiger partial charge in [-0.15, -0.1) is 0 Å². The van der Waals surface area contributed by atoms with Crippen LogP contribution in [0.25, 0.3) is 0 Å².